The van der Waals surface area contributed by atoms with E-state index in [2.05, 4.69) is 0 Å². The number of rotatable bonds is 4. The summed E-state index contributed by atoms with van der Waals surface area (Å²) in [6, 6.07) is 8.65. The Labute approximate surface area is 153 Å². The Hall–Kier alpha value is -1.83. The lowest BCUT2D eigenvalue weighted by atomic mass is 10.0. The molecule has 140 valence electrons. The Bertz CT molecular complexity index is 908. The first-order valence-electron chi connectivity index (χ1n) is 8.60. The minimum Gasteiger partial charge on any atom is -0.304 e. The normalized spacial score (nSPS) is 16.8. The molecule has 2 aromatic rings. The first-order chi connectivity index (χ1) is 12.3. The average Bonchev–Trinajstić information content (AvgIpc) is 2.62. The van der Waals surface area contributed by atoms with Gasteiger partial charge < -0.3 is 4.90 Å². The van der Waals surface area contributed by atoms with Gasteiger partial charge in [-0.3, -0.25) is 0 Å². The van der Waals surface area contributed by atoms with Crippen LogP contribution in [0.2, 0.25) is 0 Å². The van der Waals surface area contributed by atoms with Crippen LogP contribution >= 0.6 is 0 Å². The third-order valence-corrected chi connectivity index (χ3v) is 6.69. The number of aryl methyl sites for hydroxylation is 1. The van der Waals surface area contributed by atoms with E-state index >= 15 is 0 Å². The highest BCUT2D eigenvalue weighted by atomic mass is 32.2. The molecule has 0 N–H and O–H groups in total. The SMILES string of the molecule is CCc1ccc(-c2ccc(F)c(S(=O)(=O)N3CCN(C)CC3)c2)cc1F. The maximum absolute atomic E-state index is 14.3. The fourth-order valence-corrected chi connectivity index (χ4v) is 4.57. The van der Waals surface area contributed by atoms with E-state index in [-0.39, 0.29) is 10.7 Å². The van der Waals surface area contributed by atoms with Crippen molar-refractivity contribution in [1.82, 2.24) is 9.21 Å². The molecule has 0 aliphatic carbocycles. The quantitative estimate of drug-likeness (QED) is 0.818. The zero-order valence-electron chi connectivity index (χ0n) is 14.9. The summed E-state index contributed by atoms with van der Waals surface area (Å²) in [5.74, 6) is -1.14. The molecule has 26 heavy (non-hydrogen) atoms. The molecule has 1 fully saturated rings. The van der Waals surface area contributed by atoms with Crippen molar-refractivity contribution in [2.24, 2.45) is 0 Å². The van der Waals surface area contributed by atoms with Crippen LogP contribution < -0.4 is 0 Å². The lowest BCUT2D eigenvalue weighted by Crippen LogP contribution is -2.47. The van der Waals surface area contributed by atoms with Gasteiger partial charge in [-0.15, -0.1) is 0 Å². The van der Waals surface area contributed by atoms with Gasteiger partial charge in [0.05, 0.1) is 0 Å². The topological polar surface area (TPSA) is 40.6 Å². The van der Waals surface area contributed by atoms with E-state index in [4.69, 9.17) is 0 Å². The predicted molar refractivity (Wildman–Crippen MR) is 97.4 cm³/mol. The summed E-state index contributed by atoms with van der Waals surface area (Å²) < 4.78 is 55.4. The first kappa shape index (κ1) is 18.9. The molecule has 3 rings (SSSR count). The van der Waals surface area contributed by atoms with Crippen molar-refractivity contribution >= 4 is 10.0 Å². The maximum Gasteiger partial charge on any atom is 0.246 e. The highest BCUT2D eigenvalue weighted by Gasteiger charge is 2.30. The molecule has 1 aliphatic rings. The lowest BCUT2D eigenvalue weighted by molar-refractivity contribution is 0.222. The molecule has 0 unspecified atom stereocenters. The van der Waals surface area contributed by atoms with Crippen LogP contribution in [0.15, 0.2) is 41.3 Å². The van der Waals surface area contributed by atoms with Crippen molar-refractivity contribution < 1.29 is 17.2 Å². The van der Waals surface area contributed by atoms with E-state index in [1.807, 2.05) is 18.9 Å². The van der Waals surface area contributed by atoms with Gasteiger partial charge in [-0.05, 0) is 48.4 Å². The Balaban J connectivity index is 1.99. The Kier molecular flexibility index (Phi) is 5.41. The third kappa shape index (κ3) is 3.65. The Morgan fingerprint density at radius 3 is 2.15 bits per heavy atom. The second-order valence-corrected chi connectivity index (χ2v) is 8.42. The molecule has 1 heterocycles. The maximum atomic E-state index is 14.3. The van der Waals surface area contributed by atoms with Crippen molar-refractivity contribution in [2.45, 2.75) is 18.2 Å². The largest absolute Gasteiger partial charge is 0.304 e. The standard InChI is InChI=1S/C19H22F2N2O2S/c1-3-14-4-5-15(12-18(14)21)16-6-7-17(20)19(13-16)26(24,25)23-10-8-22(2)9-11-23/h4-7,12-13H,3,8-11H2,1-2H3. The number of hydrogen-bond donors (Lipinski definition) is 0. The van der Waals surface area contributed by atoms with E-state index < -0.39 is 15.8 Å². The molecule has 0 atom stereocenters. The van der Waals surface area contributed by atoms with E-state index in [0.29, 0.717) is 49.3 Å². The molecule has 1 saturated heterocycles. The molecule has 0 aromatic heterocycles. The zero-order valence-corrected chi connectivity index (χ0v) is 15.7. The number of likely N-dealkylation sites (N-methyl/N-ethyl adjacent to an activating group) is 1. The van der Waals surface area contributed by atoms with Gasteiger partial charge in [-0.25, -0.2) is 17.2 Å². The summed E-state index contributed by atoms with van der Waals surface area (Å²) in [5.41, 5.74) is 1.58. The second kappa shape index (κ2) is 7.42. The van der Waals surface area contributed by atoms with Crippen LogP contribution in [0.4, 0.5) is 8.78 Å². The minimum absolute atomic E-state index is 0.322. The van der Waals surface area contributed by atoms with Gasteiger partial charge >= 0.3 is 0 Å². The van der Waals surface area contributed by atoms with Crippen LogP contribution in [0, 0.1) is 11.6 Å². The molecule has 0 spiro atoms. The van der Waals surface area contributed by atoms with Crippen LogP contribution in [0.25, 0.3) is 11.1 Å². The summed E-state index contributed by atoms with van der Waals surface area (Å²) in [4.78, 5) is 1.66. The lowest BCUT2D eigenvalue weighted by Gasteiger charge is -2.31. The van der Waals surface area contributed by atoms with E-state index in [1.165, 1.54) is 22.5 Å². The van der Waals surface area contributed by atoms with Gasteiger partial charge in [0.2, 0.25) is 10.0 Å². The minimum atomic E-state index is -3.93. The smallest absolute Gasteiger partial charge is 0.246 e. The van der Waals surface area contributed by atoms with Crippen molar-refractivity contribution in [2.75, 3.05) is 33.2 Å². The number of halogens is 2. The van der Waals surface area contributed by atoms with Gasteiger partial charge in [-0.2, -0.15) is 4.31 Å². The van der Waals surface area contributed by atoms with Gasteiger partial charge in [0.1, 0.15) is 16.5 Å². The Morgan fingerprint density at radius 1 is 0.923 bits per heavy atom. The van der Waals surface area contributed by atoms with Crippen LogP contribution in [0.5, 0.6) is 0 Å². The average molecular weight is 380 g/mol. The molecule has 0 amide bonds. The predicted octanol–water partition coefficient (Wildman–Crippen LogP) is 3.13. The summed E-state index contributed by atoms with van der Waals surface area (Å²) in [6.45, 7) is 3.70. The number of sulfonamides is 1. The highest BCUT2D eigenvalue weighted by molar-refractivity contribution is 7.89. The molecule has 1 aliphatic heterocycles. The first-order valence-corrected chi connectivity index (χ1v) is 10.0. The van der Waals surface area contributed by atoms with Crippen molar-refractivity contribution in [3.63, 3.8) is 0 Å². The molecular weight excluding hydrogens is 358 g/mol. The number of nitrogens with zero attached hydrogens (tertiary/aromatic N) is 2. The van der Waals surface area contributed by atoms with Gasteiger partial charge in [0.25, 0.3) is 0 Å². The molecular formula is C19H22F2N2O2S. The van der Waals surface area contributed by atoms with Crippen LogP contribution in [-0.2, 0) is 16.4 Å². The van der Waals surface area contributed by atoms with Gasteiger partial charge in [-0.1, -0.05) is 25.1 Å². The summed E-state index contributed by atoms with van der Waals surface area (Å²) in [7, 11) is -2.02. The monoisotopic (exact) mass is 380 g/mol. The molecule has 0 bridgehead atoms. The number of hydrogen-bond acceptors (Lipinski definition) is 3. The van der Waals surface area contributed by atoms with Crippen LogP contribution in [-0.4, -0.2) is 50.8 Å². The summed E-state index contributed by atoms with van der Waals surface area (Å²) >= 11 is 0. The van der Waals surface area contributed by atoms with Crippen LogP contribution in [0.3, 0.4) is 0 Å². The molecule has 7 heteroatoms. The van der Waals surface area contributed by atoms with E-state index in [0.717, 1.165) is 6.07 Å². The van der Waals surface area contributed by atoms with Gasteiger partial charge in [0, 0.05) is 26.2 Å². The molecule has 0 radical (unpaired) electrons. The zero-order chi connectivity index (χ0) is 18.9. The van der Waals surface area contributed by atoms with E-state index in [9.17, 15) is 17.2 Å². The molecule has 4 nitrogen and oxygen atoms in total. The molecule has 0 saturated carbocycles. The van der Waals surface area contributed by atoms with Crippen LogP contribution in [0.1, 0.15) is 12.5 Å². The highest BCUT2D eigenvalue weighted by Crippen LogP contribution is 2.28. The van der Waals surface area contributed by atoms with Gasteiger partial charge in [0.15, 0.2) is 0 Å². The number of piperazine rings is 1. The summed E-state index contributed by atoms with van der Waals surface area (Å²) in [5, 5.41) is 0. The fourth-order valence-electron chi connectivity index (χ4n) is 3.06. The fraction of sp³-hybridized carbons (Fsp3) is 0.368. The second-order valence-electron chi connectivity index (χ2n) is 6.51. The number of benzene rings is 2. The molecule has 2 aromatic carbocycles. The Morgan fingerprint density at radius 2 is 1.54 bits per heavy atom. The summed E-state index contributed by atoms with van der Waals surface area (Å²) in [6.07, 6.45) is 0.568. The third-order valence-electron chi connectivity index (χ3n) is 4.78. The van der Waals surface area contributed by atoms with E-state index in [1.54, 1.807) is 12.1 Å². The van der Waals surface area contributed by atoms with Crippen molar-refractivity contribution in [3.05, 3.63) is 53.6 Å². The van der Waals surface area contributed by atoms with Crippen molar-refractivity contribution in [1.29, 1.82) is 0 Å². The van der Waals surface area contributed by atoms with Crippen molar-refractivity contribution in [3.8, 4) is 11.1 Å².